The van der Waals surface area contributed by atoms with Crippen molar-refractivity contribution in [2.24, 2.45) is 17.6 Å². The zero-order chi connectivity index (χ0) is 10.4. The first-order chi connectivity index (χ1) is 6.77. The van der Waals surface area contributed by atoms with Crippen LogP contribution >= 0.6 is 0 Å². The highest BCUT2D eigenvalue weighted by molar-refractivity contribution is 5.72. The third-order valence-corrected chi connectivity index (χ3v) is 3.05. The zero-order valence-electron chi connectivity index (χ0n) is 9.00. The van der Waals surface area contributed by atoms with Gasteiger partial charge in [-0.1, -0.05) is 19.8 Å². The smallest absolute Gasteiger partial charge is 0.310 e. The molecule has 1 aliphatic rings. The molecule has 1 aliphatic carbocycles. The maximum Gasteiger partial charge on any atom is 0.310 e. The van der Waals surface area contributed by atoms with Crippen molar-refractivity contribution in [2.75, 3.05) is 13.2 Å². The number of esters is 1. The fourth-order valence-electron chi connectivity index (χ4n) is 1.92. The van der Waals surface area contributed by atoms with Gasteiger partial charge in [0.1, 0.15) is 0 Å². The molecule has 1 fully saturated rings. The molecule has 1 unspecified atom stereocenters. The summed E-state index contributed by atoms with van der Waals surface area (Å²) in [6.45, 7) is 2.98. The summed E-state index contributed by atoms with van der Waals surface area (Å²) >= 11 is 0. The highest BCUT2D eigenvalue weighted by Crippen LogP contribution is 2.24. The second-order valence-corrected chi connectivity index (χ2v) is 4.12. The third kappa shape index (κ3) is 3.29. The molecule has 0 aromatic carbocycles. The molecule has 1 saturated carbocycles. The van der Waals surface area contributed by atoms with Crippen LogP contribution < -0.4 is 5.73 Å². The normalized spacial score (nSPS) is 19.6. The van der Waals surface area contributed by atoms with E-state index in [0.717, 1.165) is 6.42 Å². The SMILES string of the molecule is CCC(CN)C(=O)OCC1CCCC1. The first-order valence-electron chi connectivity index (χ1n) is 5.64. The number of carbonyl (C=O) groups is 1. The molecule has 2 N–H and O–H groups in total. The van der Waals surface area contributed by atoms with E-state index in [1.54, 1.807) is 0 Å². The molecule has 14 heavy (non-hydrogen) atoms. The minimum Gasteiger partial charge on any atom is -0.465 e. The van der Waals surface area contributed by atoms with Crippen molar-refractivity contribution in [3.8, 4) is 0 Å². The van der Waals surface area contributed by atoms with Crippen LogP contribution in [-0.4, -0.2) is 19.1 Å². The Hall–Kier alpha value is -0.570. The predicted octanol–water partition coefficient (Wildman–Crippen LogP) is 1.70. The summed E-state index contributed by atoms with van der Waals surface area (Å²) in [5.74, 6) is 0.396. The van der Waals surface area contributed by atoms with E-state index in [1.807, 2.05) is 6.92 Å². The molecule has 0 bridgehead atoms. The number of nitrogens with two attached hydrogens (primary N) is 1. The van der Waals surface area contributed by atoms with Crippen LogP contribution in [-0.2, 0) is 9.53 Å². The Kier molecular flexibility index (Phi) is 4.94. The topological polar surface area (TPSA) is 52.3 Å². The summed E-state index contributed by atoms with van der Waals surface area (Å²) in [5.41, 5.74) is 5.47. The summed E-state index contributed by atoms with van der Waals surface area (Å²) in [6.07, 6.45) is 5.78. The van der Waals surface area contributed by atoms with Crippen LogP contribution in [0.15, 0.2) is 0 Å². The van der Waals surface area contributed by atoms with Crippen LogP contribution in [0, 0.1) is 11.8 Å². The summed E-state index contributed by atoms with van der Waals surface area (Å²) in [7, 11) is 0. The molecule has 1 atom stereocenters. The van der Waals surface area contributed by atoms with E-state index in [2.05, 4.69) is 0 Å². The van der Waals surface area contributed by atoms with Gasteiger partial charge >= 0.3 is 5.97 Å². The van der Waals surface area contributed by atoms with E-state index < -0.39 is 0 Å². The van der Waals surface area contributed by atoms with Gasteiger partial charge in [0.05, 0.1) is 12.5 Å². The Bertz CT molecular complexity index is 172. The molecule has 0 spiro atoms. The van der Waals surface area contributed by atoms with E-state index in [9.17, 15) is 4.79 Å². The van der Waals surface area contributed by atoms with Crippen molar-refractivity contribution in [3.63, 3.8) is 0 Å². The lowest BCUT2D eigenvalue weighted by molar-refractivity contribution is -0.149. The lowest BCUT2D eigenvalue weighted by Crippen LogP contribution is -2.26. The molecule has 82 valence electrons. The van der Waals surface area contributed by atoms with E-state index in [4.69, 9.17) is 10.5 Å². The van der Waals surface area contributed by atoms with Crippen molar-refractivity contribution in [1.29, 1.82) is 0 Å². The summed E-state index contributed by atoms with van der Waals surface area (Å²) in [6, 6.07) is 0. The number of hydrogen-bond donors (Lipinski definition) is 1. The molecule has 0 radical (unpaired) electrons. The van der Waals surface area contributed by atoms with Gasteiger partial charge in [-0.2, -0.15) is 0 Å². The quantitative estimate of drug-likeness (QED) is 0.686. The minimum atomic E-state index is -0.109. The predicted molar refractivity (Wildman–Crippen MR) is 55.8 cm³/mol. The molecule has 0 aromatic heterocycles. The molecule has 0 amide bonds. The second kappa shape index (κ2) is 6.02. The fourth-order valence-corrected chi connectivity index (χ4v) is 1.92. The van der Waals surface area contributed by atoms with Gasteiger partial charge in [0.25, 0.3) is 0 Å². The minimum absolute atomic E-state index is 0.101. The van der Waals surface area contributed by atoms with Gasteiger partial charge in [-0.25, -0.2) is 0 Å². The Morgan fingerprint density at radius 3 is 2.64 bits per heavy atom. The summed E-state index contributed by atoms with van der Waals surface area (Å²) < 4.78 is 5.25. The molecule has 3 nitrogen and oxygen atoms in total. The van der Waals surface area contributed by atoms with Crippen LogP contribution in [0.3, 0.4) is 0 Å². The van der Waals surface area contributed by atoms with Gasteiger partial charge in [-0.15, -0.1) is 0 Å². The number of ether oxygens (including phenoxy) is 1. The first kappa shape index (κ1) is 11.5. The van der Waals surface area contributed by atoms with E-state index in [1.165, 1.54) is 25.7 Å². The largest absolute Gasteiger partial charge is 0.465 e. The van der Waals surface area contributed by atoms with Gasteiger partial charge in [-0.3, -0.25) is 4.79 Å². The molecular weight excluding hydrogens is 178 g/mol. The fraction of sp³-hybridized carbons (Fsp3) is 0.909. The van der Waals surface area contributed by atoms with Crippen LogP contribution in [0.1, 0.15) is 39.0 Å². The molecule has 1 rings (SSSR count). The molecular formula is C11H21NO2. The van der Waals surface area contributed by atoms with Crippen molar-refractivity contribution in [3.05, 3.63) is 0 Å². The first-order valence-corrected chi connectivity index (χ1v) is 5.64. The van der Waals surface area contributed by atoms with Crippen LogP contribution in [0.4, 0.5) is 0 Å². The zero-order valence-corrected chi connectivity index (χ0v) is 9.00. The van der Waals surface area contributed by atoms with Crippen LogP contribution in [0.5, 0.6) is 0 Å². The van der Waals surface area contributed by atoms with Crippen molar-refractivity contribution in [1.82, 2.24) is 0 Å². The number of carbonyl (C=O) groups excluding carboxylic acids is 1. The van der Waals surface area contributed by atoms with E-state index >= 15 is 0 Å². The van der Waals surface area contributed by atoms with Gasteiger partial charge in [0.2, 0.25) is 0 Å². The average molecular weight is 199 g/mol. The monoisotopic (exact) mass is 199 g/mol. The number of hydrogen-bond acceptors (Lipinski definition) is 3. The van der Waals surface area contributed by atoms with Gasteiger partial charge in [0.15, 0.2) is 0 Å². The molecule has 0 heterocycles. The highest BCUT2D eigenvalue weighted by atomic mass is 16.5. The Balaban J connectivity index is 2.18. The van der Waals surface area contributed by atoms with Crippen molar-refractivity contribution in [2.45, 2.75) is 39.0 Å². The Morgan fingerprint density at radius 1 is 1.50 bits per heavy atom. The van der Waals surface area contributed by atoms with Crippen LogP contribution in [0.2, 0.25) is 0 Å². The molecule has 0 saturated heterocycles. The Morgan fingerprint density at radius 2 is 2.14 bits per heavy atom. The van der Waals surface area contributed by atoms with Crippen molar-refractivity contribution < 1.29 is 9.53 Å². The van der Waals surface area contributed by atoms with Crippen LogP contribution in [0.25, 0.3) is 0 Å². The van der Waals surface area contributed by atoms with Gasteiger partial charge in [0, 0.05) is 6.54 Å². The third-order valence-electron chi connectivity index (χ3n) is 3.05. The summed E-state index contributed by atoms with van der Waals surface area (Å²) in [4.78, 5) is 11.5. The van der Waals surface area contributed by atoms with E-state index in [0.29, 0.717) is 19.1 Å². The van der Waals surface area contributed by atoms with E-state index in [-0.39, 0.29) is 11.9 Å². The maximum atomic E-state index is 11.5. The maximum absolute atomic E-state index is 11.5. The molecule has 0 aromatic rings. The molecule has 0 aliphatic heterocycles. The van der Waals surface area contributed by atoms with Gasteiger partial charge in [-0.05, 0) is 25.2 Å². The summed E-state index contributed by atoms with van der Waals surface area (Å²) in [5, 5.41) is 0. The highest BCUT2D eigenvalue weighted by Gasteiger charge is 2.20. The lowest BCUT2D eigenvalue weighted by Gasteiger charge is -2.14. The number of rotatable bonds is 5. The lowest BCUT2D eigenvalue weighted by atomic mass is 10.1. The second-order valence-electron chi connectivity index (χ2n) is 4.12. The van der Waals surface area contributed by atoms with Gasteiger partial charge < -0.3 is 10.5 Å². The standard InChI is InChI=1S/C11H21NO2/c1-2-10(7-12)11(13)14-8-9-5-3-4-6-9/h9-10H,2-8,12H2,1H3. The Labute approximate surface area is 86.0 Å². The van der Waals surface area contributed by atoms with Crippen molar-refractivity contribution >= 4 is 5.97 Å². The average Bonchev–Trinajstić information content (AvgIpc) is 2.69. The molecule has 3 heteroatoms.